The minimum Gasteiger partial charge on any atom is -0.354 e. The van der Waals surface area contributed by atoms with Crippen LogP contribution in [0.15, 0.2) is 91.3 Å². The molecule has 0 spiro atoms. The van der Waals surface area contributed by atoms with Crippen LogP contribution in [0.2, 0.25) is 0 Å². The van der Waals surface area contributed by atoms with E-state index in [2.05, 4.69) is 110 Å². The predicted octanol–water partition coefficient (Wildman–Crippen LogP) is 5.10. The average molecular weight is 348 g/mol. The van der Waals surface area contributed by atoms with Gasteiger partial charge in [0.05, 0.1) is 5.69 Å². The second-order valence-corrected chi connectivity index (χ2v) is 7.70. The Bertz CT molecular complexity index is 1130. The van der Waals surface area contributed by atoms with E-state index < -0.39 is 0 Å². The number of para-hydroxylation sites is 1. The molecule has 1 aromatic heterocycles. The largest absolute Gasteiger partial charge is 0.354 e. The van der Waals surface area contributed by atoms with Crippen molar-refractivity contribution in [3.8, 4) is 16.8 Å². The SMILES string of the molecule is BC1(C)c2ccccc2-c2ccc(Nc3ccn(-c4ccccc4)c3)cc21. The van der Waals surface area contributed by atoms with E-state index in [9.17, 15) is 0 Å². The third-order valence-corrected chi connectivity index (χ3v) is 5.62. The highest BCUT2D eigenvalue weighted by molar-refractivity contribution is 6.21. The van der Waals surface area contributed by atoms with Crippen molar-refractivity contribution < 1.29 is 0 Å². The standard InChI is InChI=1S/C24H21BN2/c1-24(25)22-10-6-5-9-20(22)21-12-11-17(15-23(21)24)26-18-13-14-27(16-18)19-7-3-2-4-8-19/h2-16,26H,25H2,1H3. The predicted molar refractivity (Wildman–Crippen MR) is 116 cm³/mol. The molecule has 1 aliphatic carbocycles. The maximum Gasteiger partial charge on any atom is 0.120 e. The fourth-order valence-corrected chi connectivity index (χ4v) is 4.18. The molecule has 1 N–H and O–H groups in total. The minimum atomic E-state index is 0.0274. The molecule has 0 aliphatic heterocycles. The molecule has 1 heterocycles. The zero-order valence-corrected chi connectivity index (χ0v) is 15.6. The van der Waals surface area contributed by atoms with Gasteiger partial charge < -0.3 is 9.88 Å². The summed E-state index contributed by atoms with van der Waals surface area (Å²) < 4.78 is 2.13. The van der Waals surface area contributed by atoms with Crippen LogP contribution in [0.5, 0.6) is 0 Å². The van der Waals surface area contributed by atoms with Crippen LogP contribution in [0, 0.1) is 0 Å². The van der Waals surface area contributed by atoms with E-state index in [1.54, 1.807) is 0 Å². The van der Waals surface area contributed by atoms with Crippen molar-refractivity contribution in [2.24, 2.45) is 0 Å². The molecule has 0 fully saturated rings. The first-order valence-corrected chi connectivity index (χ1v) is 9.38. The van der Waals surface area contributed by atoms with E-state index in [1.165, 1.54) is 22.3 Å². The number of nitrogens with zero attached hydrogens (tertiary/aromatic N) is 1. The molecular formula is C24H21BN2. The van der Waals surface area contributed by atoms with Crippen molar-refractivity contribution in [1.82, 2.24) is 4.57 Å². The number of fused-ring (bicyclic) bond motifs is 3. The third-order valence-electron chi connectivity index (χ3n) is 5.62. The summed E-state index contributed by atoms with van der Waals surface area (Å²) in [4.78, 5) is 0. The Morgan fingerprint density at radius 2 is 1.52 bits per heavy atom. The van der Waals surface area contributed by atoms with Crippen molar-refractivity contribution in [1.29, 1.82) is 0 Å². The van der Waals surface area contributed by atoms with Gasteiger partial charge in [0, 0.05) is 23.8 Å². The number of benzene rings is 3. The van der Waals surface area contributed by atoms with Crippen molar-refractivity contribution in [2.75, 3.05) is 5.32 Å². The fourth-order valence-electron chi connectivity index (χ4n) is 4.18. The van der Waals surface area contributed by atoms with Gasteiger partial charge in [-0.25, -0.2) is 0 Å². The van der Waals surface area contributed by atoms with Crippen LogP contribution in [-0.4, -0.2) is 12.4 Å². The van der Waals surface area contributed by atoms with E-state index in [1.807, 2.05) is 6.07 Å². The van der Waals surface area contributed by atoms with Gasteiger partial charge in [0.15, 0.2) is 0 Å². The summed E-state index contributed by atoms with van der Waals surface area (Å²) in [7, 11) is 2.31. The maximum atomic E-state index is 3.57. The summed E-state index contributed by atoms with van der Waals surface area (Å²) in [6.45, 7) is 2.31. The number of hydrogen-bond donors (Lipinski definition) is 1. The molecular weight excluding hydrogens is 327 g/mol. The molecule has 0 saturated carbocycles. The molecule has 1 atom stereocenters. The summed E-state index contributed by atoms with van der Waals surface area (Å²) in [6.07, 6.45) is 4.22. The Hall–Kier alpha value is -3.20. The summed E-state index contributed by atoms with van der Waals surface area (Å²) in [6, 6.07) is 28.0. The van der Waals surface area contributed by atoms with Gasteiger partial charge in [0.2, 0.25) is 0 Å². The number of aromatic nitrogens is 1. The van der Waals surface area contributed by atoms with Crippen LogP contribution in [0.3, 0.4) is 0 Å². The quantitative estimate of drug-likeness (QED) is 0.510. The summed E-state index contributed by atoms with van der Waals surface area (Å²) in [5.74, 6) is 0. The van der Waals surface area contributed by atoms with Gasteiger partial charge in [-0.3, -0.25) is 0 Å². The summed E-state index contributed by atoms with van der Waals surface area (Å²) in [5.41, 5.74) is 8.88. The molecule has 130 valence electrons. The molecule has 0 saturated heterocycles. The number of nitrogens with one attached hydrogen (secondary N) is 1. The lowest BCUT2D eigenvalue weighted by atomic mass is 9.64. The fraction of sp³-hybridized carbons (Fsp3) is 0.0833. The lowest BCUT2D eigenvalue weighted by Gasteiger charge is -2.22. The summed E-state index contributed by atoms with van der Waals surface area (Å²) in [5, 5.41) is 3.59. The zero-order chi connectivity index (χ0) is 18.4. The van der Waals surface area contributed by atoms with E-state index in [4.69, 9.17) is 0 Å². The molecule has 1 unspecified atom stereocenters. The highest BCUT2D eigenvalue weighted by Crippen LogP contribution is 2.47. The molecule has 4 aromatic rings. The first-order chi connectivity index (χ1) is 13.1. The topological polar surface area (TPSA) is 17.0 Å². The Labute approximate surface area is 160 Å². The summed E-state index contributed by atoms with van der Waals surface area (Å²) >= 11 is 0. The molecule has 27 heavy (non-hydrogen) atoms. The number of anilines is 2. The highest BCUT2D eigenvalue weighted by atomic mass is 15.0. The van der Waals surface area contributed by atoms with Gasteiger partial charge in [-0.05, 0) is 57.9 Å². The molecule has 0 bridgehead atoms. The molecule has 0 radical (unpaired) electrons. The van der Waals surface area contributed by atoms with Gasteiger partial charge in [-0.1, -0.05) is 55.5 Å². The molecule has 5 rings (SSSR count). The highest BCUT2D eigenvalue weighted by Gasteiger charge is 2.34. The van der Waals surface area contributed by atoms with Crippen LogP contribution in [-0.2, 0) is 5.31 Å². The van der Waals surface area contributed by atoms with E-state index >= 15 is 0 Å². The maximum absolute atomic E-state index is 3.57. The van der Waals surface area contributed by atoms with Crippen molar-refractivity contribution in [3.63, 3.8) is 0 Å². The number of rotatable bonds is 3. The van der Waals surface area contributed by atoms with Gasteiger partial charge in [0.1, 0.15) is 7.85 Å². The lowest BCUT2D eigenvalue weighted by molar-refractivity contribution is 0.850. The molecule has 2 nitrogen and oxygen atoms in total. The van der Waals surface area contributed by atoms with Gasteiger partial charge >= 0.3 is 0 Å². The van der Waals surface area contributed by atoms with E-state index in [0.29, 0.717) is 0 Å². The van der Waals surface area contributed by atoms with Gasteiger partial charge in [-0.2, -0.15) is 0 Å². The lowest BCUT2D eigenvalue weighted by Crippen LogP contribution is -2.20. The second-order valence-electron chi connectivity index (χ2n) is 7.70. The monoisotopic (exact) mass is 348 g/mol. The first kappa shape index (κ1) is 16.0. The average Bonchev–Trinajstić information content (AvgIpc) is 3.25. The molecule has 1 aliphatic rings. The second kappa shape index (κ2) is 5.92. The van der Waals surface area contributed by atoms with Crippen LogP contribution < -0.4 is 5.32 Å². The van der Waals surface area contributed by atoms with Crippen LogP contribution in [0.25, 0.3) is 16.8 Å². The normalized spacial score (nSPS) is 17.4. The Kier molecular flexibility index (Phi) is 3.51. The van der Waals surface area contributed by atoms with Crippen molar-refractivity contribution >= 4 is 19.2 Å². The van der Waals surface area contributed by atoms with Crippen LogP contribution in [0.1, 0.15) is 18.1 Å². The molecule has 3 heteroatoms. The Morgan fingerprint density at radius 1 is 0.778 bits per heavy atom. The van der Waals surface area contributed by atoms with Gasteiger partial charge in [-0.15, -0.1) is 0 Å². The Morgan fingerprint density at radius 3 is 2.37 bits per heavy atom. The van der Waals surface area contributed by atoms with E-state index in [0.717, 1.165) is 17.1 Å². The smallest absolute Gasteiger partial charge is 0.120 e. The minimum absolute atomic E-state index is 0.0274. The first-order valence-electron chi connectivity index (χ1n) is 9.38. The Balaban J connectivity index is 1.47. The van der Waals surface area contributed by atoms with Crippen molar-refractivity contribution in [2.45, 2.75) is 12.2 Å². The zero-order valence-electron chi connectivity index (χ0n) is 15.6. The van der Waals surface area contributed by atoms with Crippen LogP contribution in [0.4, 0.5) is 11.4 Å². The van der Waals surface area contributed by atoms with Crippen LogP contribution >= 0.6 is 0 Å². The number of hydrogen-bond acceptors (Lipinski definition) is 1. The third kappa shape index (κ3) is 2.58. The molecule has 3 aromatic carbocycles. The van der Waals surface area contributed by atoms with Gasteiger partial charge in [0.25, 0.3) is 0 Å². The van der Waals surface area contributed by atoms with Crippen molar-refractivity contribution in [3.05, 3.63) is 102 Å². The van der Waals surface area contributed by atoms with E-state index in [-0.39, 0.29) is 5.31 Å². The molecule has 0 amide bonds.